The molecule has 0 saturated heterocycles. The van der Waals surface area contributed by atoms with E-state index in [2.05, 4.69) is 4.98 Å². The van der Waals surface area contributed by atoms with Crippen LogP contribution in [-0.4, -0.2) is 16.1 Å². The third-order valence-electron chi connectivity index (χ3n) is 3.91. The number of hydrogen-bond acceptors (Lipinski definition) is 2. The second-order valence-electron chi connectivity index (χ2n) is 5.69. The summed E-state index contributed by atoms with van der Waals surface area (Å²) in [5.74, 6) is -1.18. The summed E-state index contributed by atoms with van der Waals surface area (Å²) in [6.07, 6.45) is 1.81. The van der Waals surface area contributed by atoms with Crippen LogP contribution < -0.4 is 0 Å². The Hall–Kier alpha value is -2.75. The van der Waals surface area contributed by atoms with Crippen LogP contribution in [0.2, 0.25) is 0 Å². The van der Waals surface area contributed by atoms with Gasteiger partial charge in [0.2, 0.25) is 0 Å². The molecule has 0 spiro atoms. The van der Waals surface area contributed by atoms with Gasteiger partial charge < -0.3 is 5.11 Å². The van der Waals surface area contributed by atoms with Crippen LogP contribution in [0.3, 0.4) is 0 Å². The van der Waals surface area contributed by atoms with Crippen LogP contribution in [0.5, 0.6) is 0 Å². The monoisotopic (exact) mass is 309 g/mol. The highest BCUT2D eigenvalue weighted by molar-refractivity contribution is 5.84. The van der Waals surface area contributed by atoms with Gasteiger partial charge in [0.15, 0.2) is 0 Å². The molecule has 1 unspecified atom stereocenters. The van der Waals surface area contributed by atoms with Crippen molar-refractivity contribution in [3.63, 3.8) is 0 Å². The van der Waals surface area contributed by atoms with Gasteiger partial charge in [0.05, 0.1) is 11.9 Å². The number of hydrogen-bond donors (Lipinski definition) is 1. The van der Waals surface area contributed by atoms with Gasteiger partial charge in [-0.2, -0.15) is 0 Å². The van der Waals surface area contributed by atoms with E-state index in [1.165, 1.54) is 12.1 Å². The molecule has 3 nitrogen and oxygen atoms in total. The minimum absolute atomic E-state index is 0.0743. The van der Waals surface area contributed by atoms with E-state index in [1.54, 1.807) is 12.3 Å². The van der Waals surface area contributed by atoms with Gasteiger partial charge in [-0.15, -0.1) is 0 Å². The molecule has 3 rings (SSSR count). The van der Waals surface area contributed by atoms with E-state index >= 15 is 0 Å². The largest absolute Gasteiger partial charge is 0.481 e. The fraction of sp³-hybridized carbons (Fsp3) is 0.158. The first-order valence-corrected chi connectivity index (χ1v) is 7.40. The molecule has 0 fully saturated rings. The van der Waals surface area contributed by atoms with Gasteiger partial charge in [-0.25, -0.2) is 4.39 Å². The van der Waals surface area contributed by atoms with Crippen molar-refractivity contribution in [2.24, 2.45) is 0 Å². The second-order valence-corrected chi connectivity index (χ2v) is 5.69. The molecule has 3 aromatic rings. The van der Waals surface area contributed by atoms with Crippen LogP contribution >= 0.6 is 0 Å². The zero-order valence-electron chi connectivity index (χ0n) is 12.7. The number of rotatable bonds is 4. The van der Waals surface area contributed by atoms with E-state index in [9.17, 15) is 9.18 Å². The lowest BCUT2D eigenvalue weighted by Gasteiger charge is -2.11. The molecule has 0 radical (unpaired) electrons. The van der Waals surface area contributed by atoms with E-state index in [1.807, 2.05) is 37.3 Å². The number of fused-ring (bicyclic) bond motifs is 1. The van der Waals surface area contributed by atoms with Crippen molar-refractivity contribution < 1.29 is 14.3 Å². The van der Waals surface area contributed by atoms with E-state index in [-0.39, 0.29) is 18.2 Å². The fourth-order valence-corrected chi connectivity index (χ4v) is 2.66. The summed E-state index contributed by atoms with van der Waals surface area (Å²) in [5, 5.41) is 9.85. The minimum Gasteiger partial charge on any atom is -0.481 e. The average molecular weight is 309 g/mol. The van der Waals surface area contributed by atoms with E-state index in [4.69, 9.17) is 5.11 Å². The quantitative estimate of drug-likeness (QED) is 0.765. The lowest BCUT2D eigenvalue weighted by Crippen LogP contribution is -2.02. The Kier molecular flexibility index (Phi) is 4.06. The van der Waals surface area contributed by atoms with Crippen LogP contribution in [0, 0.1) is 5.82 Å². The summed E-state index contributed by atoms with van der Waals surface area (Å²) in [6, 6.07) is 14.1. The second kappa shape index (κ2) is 6.16. The summed E-state index contributed by atoms with van der Waals surface area (Å²) in [5.41, 5.74) is 3.39. The first kappa shape index (κ1) is 15.2. The summed E-state index contributed by atoms with van der Waals surface area (Å²) in [7, 11) is 0. The molecular weight excluding hydrogens is 293 g/mol. The molecule has 1 heterocycles. The van der Waals surface area contributed by atoms with Crippen molar-refractivity contribution in [1.29, 1.82) is 0 Å². The van der Waals surface area contributed by atoms with Crippen LogP contribution in [0.15, 0.2) is 54.7 Å². The van der Waals surface area contributed by atoms with Crippen molar-refractivity contribution in [3.05, 3.63) is 66.1 Å². The summed E-state index contributed by atoms with van der Waals surface area (Å²) in [6.45, 7) is 1.89. The SMILES string of the molecule is CC(CC(=O)O)c1ccc2ncc(-c3cccc(F)c3)cc2c1. The number of halogens is 1. The molecule has 0 aliphatic heterocycles. The highest BCUT2D eigenvalue weighted by Gasteiger charge is 2.11. The highest BCUT2D eigenvalue weighted by Crippen LogP contribution is 2.27. The van der Waals surface area contributed by atoms with Gasteiger partial charge in [-0.1, -0.05) is 25.1 Å². The van der Waals surface area contributed by atoms with E-state index in [0.29, 0.717) is 0 Å². The summed E-state index contributed by atoms with van der Waals surface area (Å²) < 4.78 is 13.4. The molecule has 116 valence electrons. The van der Waals surface area contributed by atoms with Crippen LogP contribution in [-0.2, 0) is 4.79 Å². The predicted octanol–water partition coefficient (Wildman–Crippen LogP) is 4.62. The topological polar surface area (TPSA) is 50.2 Å². The molecule has 0 aliphatic rings. The Morgan fingerprint density at radius 2 is 2.00 bits per heavy atom. The Morgan fingerprint density at radius 3 is 2.74 bits per heavy atom. The minimum atomic E-state index is -0.816. The van der Waals surface area contributed by atoms with Gasteiger partial charge in [0.1, 0.15) is 5.82 Å². The third kappa shape index (κ3) is 3.37. The van der Waals surface area contributed by atoms with Gasteiger partial charge in [0, 0.05) is 17.1 Å². The maximum absolute atomic E-state index is 13.4. The average Bonchev–Trinajstić information content (AvgIpc) is 2.53. The molecular formula is C19H16FNO2. The maximum Gasteiger partial charge on any atom is 0.303 e. The number of benzene rings is 2. The number of aromatic nitrogens is 1. The number of carbonyl (C=O) groups is 1. The normalized spacial score (nSPS) is 12.3. The third-order valence-corrected chi connectivity index (χ3v) is 3.91. The van der Waals surface area contributed by atoms with Crippen LogP contribution in [0.1, 0.15) is 24.8 Å². The number of pyridine rings is 1. The Balaban J connectivity index is 2.02. The maximum atomic E-state index is 13.4. The molecule has 0 amide bonds. The summed E-state index contributed by atoms with van der Waals surface area (Å²) in [4.78, 5) is 15.3. The van der Waals surface area contributed by atoms with Crippen molar-refractivity contribution in [1.82, 2.24) is 4.98 Å². The van der Waals surface area contributed by atoms with Crippen molar-refractivity contribution in [3.8, 4) is 11.1 Å². The number of carboxylic acids is 1. The molecule has 2 aromatic carbocycles. The van der Waals surface area contributed by atoms with Gasteiger partial charge >= 0.3 is 5.97 Å². The molecule has 0 saturated carbocycles. The first-order valence-electron chi connectivity index (χ1n) is 7.40. The lowest BCUT2D eigenvalue weighted by molar-refractivity contribution is -0.137. The van der Waals surface area contributed by atoms with Crippen molar-refractivity contribution in [2.45, 2.75) is 19.3 Å². The van der Waals surface area contributed by atoms with Gasteiger partial charge in [-0.05, 0) is 47.4 Å². The van der Waals surface area contributed by atoms with Gasteiger partial charge in [0.25, 0.3) is 0 Å². The zero-order chi connectivity index (χ0) is 16.4. The molecule has 0 aliphatic carbocycles. The van der Waals surface area contributed by atoms with E-state index in [0.717, 1.165) is 27.6 Å². The Labute approximate surface area is 133 Å². The number of nitrogens with zero attached hydrogens (tertiary/aromatic N) is 1. The Bertz CT molecular complexity index is 876. The molecule has 1 atom stereocenters. The number of aliphatic carboxylic acids is 1. The molecule has 23 heavy (non-hydrogen) atoms. The van der Waals surface area contributed by atoms with Gasteiger partial charge in [-0.3, -0.25) is 9.78 Å². The molecule has 1 aromatic heterocycles. The van der Waals surface area contributed by atoms with Crippen LogP contribution in [0.4, 0.5) is 4.39 Å². The molecule has 0 bridgehead atoms. The molecule has 4 heteroatoms. The smallest absolute Gasteiger partial charge is 0.303 e. The van der Waals surface area contributed by atoms with E-state index < -0.39 is 5.97 Å². The zero-order valence-corrected chi connectivity index (χ0v) is 12.7. The Morgan fingerprint density at radius 1 is 1.17 bits per heavy atom. The van der Waals surface area contributed by atoms with Crippen molar-refractivity contribution >= 4 is 16.9 Å². The summed E-state index contributed by atoms with van der Waals surface area (Å²) >= 11 is 0. The predicted molar refractivity (Wildman–Crippen MR) is 87.8 cm³/mol. The molecule has 1 N–H and O–H groups in total. The number of carboxylic acid groups (broad SMARTS) is 1. The lowest BCUT2D eigenvalue weighted by atomic mass is 9.95. The van der Waals surface area contributed by atoms with Crippen molar-refractivity contribution in [2.75, 3.05) is 0 Å². The van der Waals surface area contributed by atoms with Crippen LogP contribution in [0.25, 0.3) is 22.0 Å². The standard InChI is InChI=1S/C19H16FNO2/c1-12(7-19(22)23)13-5-6-18-15(8-13)9-16(11-21-18)14-3-2-4-17(20)10-14/h2-6,8-12H,7H2,1H3,(H,22,23). The fourth-order valence-electron chi connectivity index (χ4n) is 2.66. The first-order chi connectivity index (χ1) is 11.0. The highest BCUT2D eigenvalue weighted by atomic mass is 19.1.